The summed E-state index contributed by atoms with van der Waals surface area (Å²) in [5.41, 5.74) is 8.78. The summed E-state index contributed by atoms with van der Waals surface area (Å²) in [5.74, 6) is 0.892. The number of ether oxygens (including phenoxy) is 2. The first-order valence-electron chi connectivity index (χ1n) is 17.8. The van der Waals surface area contributed by atoms with Crippen LogP contribution in [-0.2, 0) is 15.8 Å². The molecule has 0 bridgehead atoms. The second-order valence-electron chi connectivity index (χ2n) is 14.6. The molecule has 51 heavy (non-hydrogen) atoms. The maximum atomic E-state index is 9.82. The first-order valence-corrected chi connectivity index (χ1v) is 17.8. The number of benzene rings is 7. The standard InChI is InChI=1S/C47H36N2O2/c1-46(2)42-27-30(29-48)11-20-39(42)43-37-9-5-6-10-38(37)45-40(44(43)46)21-22-47(51-45,33-16-18-35(19-17-33)49-23-25-50-26-24-49)34-15-14-32-13-12-31-7-3-4-8-36(31)41(32)28-34/h3-22,27-28H,23-26H2,1-2H3. The Morgan fingerprint density at radius 3 is 2.16 bits per heavy atom. The van der Waals surface area contributed by atoms with Crippen molar-refractivity contribution in [3.05, 3.63) is 161 Å². The second-order valence-corrected chi connectivity index (χ2v) is 14.6. The number of nitriles is 1. The Balaban J connectivity index is 1.22. The van der Waals surface area contributed by atoms with Gasteiger partial charge in [-0.25, -0.2) is 0 Å². The van der Waals surface area contributed by atoms with Gasteiger partial charge in [-0.1, -0.05) is 111 Å². The van der Waals surface area contributed by atoms with Crippen molar-refractivity contribution in [2.24, 2.45) is 0 Å². The van der Waals surface area contributed by atoms with E-state index in [2.05, 4.69) is 152 Å². The summed E-state index contributed by atoms with van der Waals surface area (Å²) in [7, 11) is 0. The summed E-state index contributed by atoms with van der Waals surface area (Å²) in [6.45, 7) is 7.82. The highest BCUT2D eigenvalue weighted by Crippen LogP contribution is 2.58. The maximum absolute atomic E-state index is 9.82. The summed E-state index contributed by atoms with van der Waals surface area (Å²) in [6, 6.07) is 46.0. The van der Waals surface area contributed by atoms with Gasteiger partial charge in [-0.2, -0.15) is 5.26 Å². The molecule has 1 fully saturated rings. The summed E-state index contributed by atoms with van der Waals surface area (Å²) < 4.78 is 13.3. The summed E-state index contributed by atoms with van der Waals surface area (Å²) >= 11 is 0. The van der Waals surface area contributed by atoms with Gasteiger partial charge in [0.15, 0.2) is 5.60 Å². The average molecular weight is 661 g/mol. The molecule has 0 amide bonds. The SMILES string of the molecule is CC1(C)c2cc(C#N)ccc2-c2c1c1c(c3ccccc23)OC(c2ccc(N3CCOCC3)cc2)(c2ccc3ccc4ccccc4c3c2)C=C1. The van der Waals surface area contributed by atoms with Crippen LogP contribution in [0.4, 0.5) is 5.69 Å². The number of fused-ring (bicyclic) bond motifs is 11. The van der Waals surface area contributed by atoms with Crippen molar-refractivity contribution in [1.82, 2.24) is 0 Å². The fourth-order valence-corrected chi connectivity index (χ4v) is 8.96. The molecule has 0 spiro atoms. The lowest BCUT2D eigenvalue weighted by atomic mass is 9.76. The van der Waals surface area contributed by atoms with E-state index >= 15 is 0 Å². The van der Waals surface area contributed by atoms with E-state index in [1.54, 1.807) is 0 Å². The molecule has 0 aromatic heterocycles. The van der Waals surface area contributed by atoms with Crippen LogP contribution in [-0.4, -0.2) is 26.3 Å². The van der Waals surface area contributed by atoms with Crippen molar-refractivity contribution in [3.8, 4) is 22.9 Å². The fraction of sp³-hybridized carbons (Fsp3) is 0.170. The van der Waals surface area contributed by atoms with Crippen LogP contribution in [0.15, 0.2) is 127 Å². The van der Waals surface area contributed by atoms with E-state index < -0.39 is 5.60 Å². The van der Waals surface area contributed by atoms with Gasteiger partial charge in [0.05, 0.1) is 24.8 Å². The average Bonchev–Trinajstić information content (AvgIpc) is 3.43. The topological polar surface area (TPSA) is 45.5 Å². The zero-order valence-corrected chi connectivity index (χ0v) is 28.7. The highest BCUT2D eigenvalue weighted by atomic mass is 16.5. The molecule has 1 unspecified atom stereocenters. The number of hydrogen-bond acceptors (Lipinski definition) is 4. The summed E-state index contributed by atoms with van der Waals surface area (Å²) in [4.78, 5) is 2.39. The van der Waals surface area contributed by atoms with Crippen molar-refractivity contribution < 1.29 is 9.47 Å². The zero-order valence-electron chi connectivity index (χ0n) is 28.7. The highest BCUT2D eigenvalue weighted by molar-refractivity contribution is 6.09. The van der Waals surface area contributed by atoms with Crippen LogP contribution in [0.25, 0.3) is 49.5 Å². The molecule has 7 aromatic rings. The van der Waals surface area contributed by atoms with Crippen LogP contribution >= 0.6 is 0 Å². The Bertz CT molecular complexity index is 2640. The number of anilines is 1. The third-order valence-corrected chi connectivity index (χ3v) is 11.5. The minimum atomic E-state index is -0.887. The minimum absolute atomic E-state index is 0.332. The molecule has 2 heterocycles. The van der Waals surface area contributed by atoms with Gasteiger partial charge >= 0.3 is 0 Å². The lowest BCUT2D eigenvalue weighted by Gasteiger charge is -2.39. The Labute approximate surface area is 297 Å². The molecule has 1 aliphatic carbocycles. The maximum Gasteiger partial charge on any atom is 0.178 e. The molecule has 10 rings (SSSR count). The van der Waals surface area contributed by atoms with E-state index in [1.807, 2.05) is 6.07 Å². The predicted molar refractivity (Wildman–Crippen MR) is 208 cm³/mol. The Kier molecular flexibility index (Phi) is 6.50. The van der Waals surface area contributed by atoms with Crippen molar-refractivity contribution >= 4 is 44.1 Å². The Morgan fingerprint density at radius 2 is 1.37 bits per heavy atom. The van der Waals surface area contributed by atoms with Gasteiger partial charge in [0.2, 0.25) is 0 Å². The number of hydrogen-bond donors (Lipinski definition) is 0. The first kappa shape index (κ1) is 30.0. The van der Waals surface area contributed by atoms with Crippen molar-refractivity contribution in [1.29, 1.82) is 5.26 Å². The quantitative estimate of drug-likeness (QED) is 0.177. The van der Waals surface area contributed by atoms with Crippen LogP contribution in [0.3, 0.4) is 0 Å². The van der Waals surface area contributed by atoms with E-state index in [4.69, 9.17) is 9.47 Å². The van der Waals surface area contributed by atoms with Gasteiger partial charge in [0.25, 0.3) is 0 Å². The zero-order chi connectivity index (χ0) is 34.3. The van der Waals surface area contributed by atoms with Gasteiger partial charge in [-0.15, -0.1) is 0 Å². The van der Waals surface area contributed by atoms with E-state index in [9.17, 15) is 5.26 Å². The molecule has 4 nitrogen and oxygen atoms in total. The van der Waals surface area contributed by atoms with Crippen molar-refractivity contribution in [2.75, 3.05) is 31.2 Å². The van der Waals surface area contributed by atoms with Crippen LogP contribution in [0.2, 0.25) is 0 Å². The molecule has 0 saturated carbocycles. The van der Waals surface area contributed by atoms with Crippen LogP contribution < -0.4 is 9.64 Å². The van der Waals surface area contributed by atoms with Crippen LogP contribution in [0.5, 0.6) is 5.75 Å². The van der Waals surface area contributed by atoms with E-state index in [1.165, 1.54) is 54.9 Å². The third-order valence-electron chi connectivity index (χ3n) is 11.5. The monoisotopic (exact) mass is 660 g/mol. The van der Waals surface area contributed by atoms with Gasteiger partial charge in [0.1, 0.15) is 5.75 Å². The van der Waals surface area contributed by atoms with Gasteiger partial charge in [0, 0.05) is 46.3 Å². The molecule has 1 saturated heterocycles. The number of nitrogens with zero attached hydrogens (tertiary/aromatic N) is 2. The lowest BCUT2D eigenvalue weighted by Crippen LogP contribution is -2.37. The molecule has 0 N–H and O–H groups in total. The lowest BCUT2D eigenvalue weighted by molar-refractivity contribution is 0.122. The molecular formula is C47H36N2O2. The minimum Gasteiger partial charge on any atom is -0.472 e. The van der Waals surface area contributed by atoms with Crippen LogP contribution in [0, 0.1) is 11.3 Å². The smallest absolute Gasteiger partial charge is 0.178 e. The van der Waals surface area contributed by atoms with Gasteiger partial charge in [-0.05, 0) is 85.6 Å². The van der Waals surface area contributed by atoms with E-state index in [0.29, 0.717) is 5.56 Å². The Hall–Kier alpha value is -5.89. The second kappa shape index (κ2) is 11.1. The largest absolute Gasteiger partial charge is 0.472 e. The highest BCUT2D eigenvalue weighted by Gasteiger charge is 2.44. The summed E-state index contributed by atoms with van der Waals surface area (Å²) in [6.07, 6.45) is 4.59. The van der Waals surface area contributed by atoms with Crippen LogP contribution in [0.1, 0.15) is 47.2 Å². The molecular weight excluding hydrogens is 625 g/mol. The van der Waals surface area contributed by atoms with Gasteiger partial charge in [-0.3, -0.25) is 0 Å². The molecule has 0 radical (unpaired) electrons. The molecule has 2 aliphatic heterocycles. The summed E-state index contributed by atoms with van der Waals surface area (Å²) in [5, 5.41) is 16.9. The predicted octanol–water partition coefficient (Wildman–Crippen LogP) is 10.5. The molecule has 246 valence electrons. The van der Waals surface area contributed by atoms with Crippen molar-refractivity contribution in [3.63, 3.8) is 0 Å². The first-order chi connectivity index (χ1) is 25.0. The Morgan fingerprint density at radius 1 is 0.686 bits per heavy atom. The molecule has 3 aliphatic rings. The fourth-order valence-electron chi connectivity index (χ4n) is 8.96. The normalized spacial score (nSPS) is 18.6. The third kappa shape index (κ3) is 4.35. The van der Waals surface area contributed by atoms with Crippen molar-refractivity contribution in [2.45, 2.75) is 24.9 Å². The van der Waals surface area contributed by atoms with E-state index in [0.717, 1.165) is 54.1 Å². The van der Waals surface area contributed by atoms with Gasteiger partial charge < -0.3 is 14.4 Å². The number of morpholine rings is 1. The van der Waals surface area contributed by atoms with E-state index in [-0.39, 0.29) is 5.41 Å². The molecule has 7 aromatic carbocycles. The molecule has 1 atom stereocenters. The number of rotatable bonds is 3. The molecule has 4 heteroatoms.